The van der Waals surface area contributed by atoms with Crippen LogP contribution in [0.2, 0.25) is 0 Å². The molecule has 0 unspecified atom stereocenters. The van der Waals surface area contributed by atoms with Crippen LogP contribution in [0.5, 0.6) is 0 Å². The Labute approximate surface area is 48.2 Å². The van der Waals surface area contributed by atoms with Crippen LogP contribution in [-0.2, 0) is 19.4 Å². The van der Waals surface area contributed by atoms with Crippen molar-refractivity contribution in [2.45, 2.75) is 6.92 Å². The van der Waals surface area contributed by atoms with E-state index < -0.39 is 16.9 Å². The lowest BCUT2D eigenvalue weighted by Gasteiger charge is -1.93. The van der Waals surface area contributed by atoms with Gasteiger partial charge in [0.05, 0.1) is 5.75 Å². The molecule has 0 amide bonds. The van der Waals surface area contributed by atoms with Crippen molar-refractivity contribution in [2.24, 2.45) is 0 Å². The molecule has 0 atom stereocenters. The first-order valence-electron chi connectivity index (χ1n) is 2.07. The van der Waals surface area contributed by atoms with Gasteiger partial charge in [0.15, 0.2) is 6.79 Å². The Morgan fingerprint density at radius 2 is 2.00 bits per heavy atom. The zero-order valence-corrected chi connectivity index (χ0v) is 5.27. The van der Waals surface area contributed by atoms with E-state index in [1.165, 1.54) is 6.92 Å². The summed E-state index contributed by atoms with van der Waals surface area (Å²) in [6.45, 7) is 0.390. The van der Waals surface area contributed by atoms with E-state index in [1.807, 2.05) is 0 Å². The van der Waals surface area contributed by atoms with E-state index in [-0.39, 0.29) is 5.75 Å². The second kappa shape index (κ2) is 3.01. The molecule has 0 fully saturated rings. The Morgan fingerprint density at radius 3 is 2.12 bits per heavy atom. The van der Waals surface area contributed by atoms with Gasteiger partial charge in [0.25, 0.3) is 10.1 Å². The van der Waals surface area contributed by atoms with Crippen molar-refractivity contribution in [3.05, 3.63) is 0 Å². The summed E-state index contributed by atoms with van der Waals surface area (Å²) in [5.41, 5.74) is 0. The van der Waals surface area contributed by atoms with E-state index in [0.717, 1.165) is 0 Å². The van der Waals surface area contributed by atoms with Crippen molar-refractivity contribution in [3.8, 4) is 0 Å². The first-order chi connectivity index (χ1) is 3.62. The van der Waals surface area contributed by atoms with Crippen LogP contribution in [0, 0.1) is 0 Å². The monoisotopic (exact) mass is 139 g/mol. The normalized spacial score (nSPS) is 11.8. The molecule has 49 valence electrons. The molecule has 0 aromatic heterocycles. The molecule has 0 heterocycles. The number of rotatable bonds is 3. The predicted octanol–water partition coefficient (Wildman–Crippen LogP) is -0.259. The van der Waals surface area contributed by atoms with Crippen LogP contribution in [0.25, 0.3) is 0 Å². The zero-order valence-electron chi connectivity index (χ0n) is 4.46. The Morgan fingerprint density at radius 1 is 1.50 bits per heavy atom. The summed E-state index contributed by atoms with van der Waals surface area (Å²) in [6, 6.07) is 0. The van der Waals surface area contributed by atoms with Gasteiger partial charge in [-0.25, -0.2) is 9.29 Å². The van der Waals surface area contributed by atoms with E-state index in [4.69, 9.17) is 0 Å². The molecule has 0 aliphatic carbocycles. The van der Waals surface area contributed by atoms with Gasteiger partial charge >= 0.3 is 0 Å². The van der Waals surface area contributed by atoms with Crippen LogP contribution in [-0.4, -0.2) is 21.0 Å². The molecule has 5 heteroatoms. The van der Waals surface area contributed by atoms with Gasteiger partial charge in [-0.1, -0.05) is 0 Å². The van der Waals surface area contributed by atoms with Crippen molar-refractivity contribution in [1.82, 2.24) is 0 Å². The third-order valence-electron chi connectivity index (χ3n) is 0.581. The fraction of sp³-hybridized carbons (Fsp3) is 1.00. The summed E-state index contributed by atoms with van der Waals surface area (Å²) in [7, 11) is -3.48. The summed E-state index contributed by atoms with van der Waals surface area (Å²) in [5.74, 6) is -0.144. The van der Waals surface area contributed by atoms with E-state index >= 15 is 0 Å². The molecule has 0 aliphatic heterocycles. The summed E-state index contributed by atoms with van der Waals surface area (Å²) in [5, 5.41) is 9.50. The van der Waals surface area contributed by atoms with Gasteiger partial charge < -0.3 is 0 Å². The molecule has 0 saturated carbocycles. The van der Waals surface area contributed by atoms with E-state index in [9.17, 15) is 13.5 Å². The third kappa shape index (κ3) is 2.95. The Bertz CT molecular complexity index is 135. The van der Waals surface area contributed by atoms with Gasteiger partial charge in [-0.3, -0.25) is 0 Å². The molecular formula is C3H7O4S. The first-order valence-corrected chi connectivity index (χ1v) is 3.65. The largest absolute Gasteiger partial charge is 0.269 e. The Balaban J connectivity index is 3.76. The summed E-state index contributed by atoms with van der Waals surface area (Å²) in [6.07, 6.45) is 0. The van der Waals surface area contributed by atoms with Gasteiger partial charge in [-0.05, 0) is 6.92 Å². The smallest absolute Gasteiger partial charge is 0.238 e. The van der Waals surface area contributed by atoms with Crippen molar-refractivity contribution in [3.63, 3.8) is 0 Å². The lowest BCUT2D eigenvalue weighted by molar-refractivity contribution is 0.0429. The molecule has 0 rings (SSSR count). The molecular weight excluding hydrogens is 132 g/mol. The summed E-state index contributed by atoms with van der Waals surface area (Å²) < 4.78 is 24.1. The second-order valence-electron chi connectivity index (χ2n) is 1.08. The quantitative estimate of drug-likeness (QED) is 0.399. The van der Waals surface area contributed by atoms with Crippen LogP contribution in [0.15, 0.2) is 0 Å². The van der Waals surface area contributed by atoms with Crippen LogP contribution < -0.4 is 0 Å². The fourth-order valence-corrected chi connectivity index (χ4v) is 0.470. The van der Waals surface area contributed by atoms with E-state index in [1.54, 1.807) is 0 Å². The summed E-state index contributed by atoms with van der Waals surface area (Å²) in [4.78, 5) is 0. The standard InChI is InChI=1S/C3H7O4S/c1-2-8(5,6)7-3-4/h2-3H2,1H3. The Kier molecular flexibility index (Phi) is 2.96. The zero-order chi connectivity index (χ0) is 6.62. The minimum absolute atomic E-state index is 0.144. The molecule has 0 bridgehead atoms. The maximum Gasteiger partial charge on any atom is 0.269 e. The maximum atomic E-state index is 10.2. The highest BCUT2D eigenvalue weighted by Gasteiger charge is 2.04. The van der Waals surface area contributed by atoms with E-state index in [0.29, 0.717) is 0 Å². The number of hydrogen-bond donors (Lipinski definition) is 0. The summed E-state index contributed by atoms with van der Waals surface area (Å²) >= 11 is 0. The fourth-order valence-electron chi connectivity index (χ4n) is 0.157. The average molecular weight is 139 g/mol. The highest BCUT2D eigenvalue weighted by Crippen LogP contribution is 1.88. The van der Waals surface area contributed by atoms with Gasteiger partial charge in [0.1, 0.15) is 0 Å². The minimum atomic E-state index is -3.48. The lowest BCUT2D eigenvalue weighted by atomic mass is 11.0. The molecule has 0 aliphatic rings. The molecule has 1 radical (unpaired) electrons. The van der Waals surface area contributed by atoms with Gasteiger partial charge in [0, 0.05) is 0 Å². The van der Waals surface area contributed by atoms with Crippen LogP contribution in [0.4, 0.5) is 0 Å². The lowest BCUT2D eigenvalue weighted by Crippen LogP contribution is -2.07. The molecule has 0 N–H and O–H groups in total. The molecule has 0 aromatic rings. The van der Waals surface area contributed by atoms with Crippen LogP contribution in [0.1, 0.15) is 6.92 Å². The van der Waals surface area contributed by atoms with Crippen LogP contribution >= 0.6 is 0 Å². The maximum absolute atomic E-state index is 10.2. The van der Waals surface area contributed by atoms with Crippen LogP contribution in [0.3, 0.4) is 0 Å². The second-order valence-corrected chi connectivity index (χ2v) is 3.01. The first kappa shape index (κ1) is 7.87. The highest BCUT2D eigenvalue weighted by atomic mass is 32.2. The third-order valence-corrected chi connectivity index (χ3v) is 1.74. The molecule has 8 heavy (non-hydrogen) atoms. The molecule has 0 saturated heterocycles. The average Bonchev–Trinajstić information content (AvgIpc) is 1.67. The number of hydrogen-bond acceptors (Lipinski definition) is 3. The van der Waals surface area contributed by atoms with Crippen molar-refractivity contribution in [1.29, 1.82) is 0 Å². The van der Waals surface area contributed by atoms with Gasteiger partial charge in [0.2, 0.25) is 0 Å². The van der Waals surface area contributed by atoms with Gasteiger partial charge in [-0.2, -0.15) is 8.42 Å². The predicted molar refractivity (Wildman–Crippen MR) is 26.1 cm³/mol. The van der Waals surface area contributed by atoms with Crippen molar-refractivity contribution < 1.29 is 17.7 Å². The van der Waals surface area contributed by atoms with Gasteiger partial charge in [-0.15, -0.1) is 0 Å². The van der Waals surface area contributed by atoms with Crippen molar-refractivity contribution >= 4 is 10.1 Å². The molecule has 0 aromatic carbocycles. The molecule has 0 spiro atoms. The minimum Gasteiger partial charge on any atom is -0.238 e. The molecule has 4 nitrogen and oxygen atoms in total. The highest BCUT2D eigenvalue weighted by molar-refractivity contribution is 7.86. The SMILES string of the molecule is CCS(=O)(=O)OC[O]. The Hall–Kier alpha value is -0.130. The van der Waals surface area contributed by atoms with E-state index in [2.05, 4.69) is 4.18 Å². The topological polar surface area (TPSA) is 63.3 Å². The van der Waals surface area contributed by atoms with Crippen molar-refractivity contribution in [2.75, 3.05) is 12.5 Å².